The van der Waals surface area contributed by atoms with Crippen LogP contribution >= 0.6 is 35.4 Å². The molecule has 150 valence electrons. The monoisotopic (exact) mass is 450 g/mol. The molecule has 0 radical (unpaired) electrons. The first-order chi connectivity index (χ1) is 13.9. The zero-order valence-electron chi connectivity index (χ0n) is 15.5. The summed E-state index contributed by atoms with van der Waals surface area (Å²) in [4.78, 5) is 12.1. The van der Waals surface area contributed by atoms with Crippen LogP contribution in [-0.4, -0.2) is 28.2 Å². The Morgan fingerprint density at radius 3 is 2.76 bits per heavy atom. The van der Waals surface area contributed by atoms with E-state index >= 15 is 0 Å². The van der Waals surface area contributed by atoms with Crippen LogP contribution in [0.3, 0.4) is 0 Å². The lowest BCUT2D eigenvalue weighted by molar-refractivity contribution is 0.284. The summed E-state index contributed by atoms with van der Waals surface area (Å²) in [7, 11) is 1.53. The average molecular weight is 451 g/mol. The van der Waals surface area contributed by atoms with Crippen molar-refractivity contribution in [1.29, 1.82) is 0 Å². The van der Waals surface area contributed by atoms with Crippen molar-refractivity contribution in [2.24, 2.45) is 5.10 Å². The van der Waals surface area contributed by atoms with Gasteiger partial charge < -0.3 is 9.47 Å². The van der Waals surface area contributed by atoms with Gasteiger partial charge in [0.05, 0.1) is 13.3 Å². The second-order valence-electron chi connectivity index (χ2n) is 5.91. The third-order valence-corrected chi connectivity index (χ3v) is 4.77. The number of hydrogen-bond donors (Lipinski definition) is 1. The first kappa shape index (κ1) is 21.0. The molecule has 3 rings (SSSR count). The molecule has 0 bridgehead atoms. The highest BCUT2D eigenvalue weighted by Gasteiger charge is 2.08. The highest BCUT2D eigenvalue weighted by Crippen LogP contribution is 2.29. The number of aromatic nitrogens is 3. The second kappa shape index (κ2) is 9.21. The van der Waals surface area contributed by atoms with Crippen molar-refractivity contribution in [2.75, 3.05) is 7.11 Å². The van der Waals surface area contributed by atoms with E-state index < -0.39 is 5.56 Å². The van der Waals surface area contributed by atoms with Gasteiger partial charge in [-0.1, -0.05) is 29.3 Å². The highest BCUT2D eigenvalue weighted by molar-refractivity contribution is 7.71. The molecular formula is C19H16Cl2N4O3S. The van der Waals surface area contributed by atoms with Gasteiger partial charge in [0.2, 0.25) is 4.77 Å². The highest BCUT2D eigenvalue weighted by atomic mass is 35.5. The topological polar surface area (TPSA) is 81.5 Å². The van der Waals surface area contributed by atoms with Gasteiger partial charge in [0.15, 0.2) is 11.5 Å². The van der Waals surface area contributed by atoms with Crippen LogP contribution in [-0.2, 0) is 6.61 Å². The Morgan fingerprint density at radius 1 is 1.24 bits per heavy atom. The van der Waals surface area contributed by atoms with E-state index in [0.717, 1.165) is 10.2 Å². The summed E-state index contributed by atoms with van der Waals surface area (Å²) in [5.41, 5.74) is 1.36. The average Bonchev–Trinajstić information content (AvgIpc) is 2.70. The fourth-order valence-electron chi connectivity index (χ4n) is 2.38. The summed E-state index contributed by atoms with van der Waals surface area (Å²) < 4.78 is 12.4. The molecule has 0 spiro atoms. The lowest BCUT2D eigenvalue weighted by Crippen LogP contribution is -2.22. The van der Waals surface area contributed by atoms with Crippen LogP contribution < -0.4 is 15.0 Å². The van der Waals surface area contributed by atoms with Crippen LogP contribution in [0.25, 0.3) is 0 Å². The lowest BCUT2D eigenvalue weighted by Gasteiger charge is -2.12. The molecule has 1 N–H and O–H groups in total. The number of benzene rings is 2. The summed E-state index contributed by atoms with van der Waals surface area (Å²) in [6.45, 7) is 1.82. The van der Waals surface area contributed by atoms with Crippen LogP contribution in [0.2, 0.25) is 10.0 Å². The van der Waals surface area contributed by atoms with Crippen molar-refractivity contribution in [3.05, 3.63) is 78.4 Å². The molecule has 10 heteroatoms. The van der Waals surface area contributed by atoms with E-state index in [-0.39, 0.29) is 17.1 Å². The van der Waals surface area contributed by atoms with Gasteiger partial charge >= 0.3 is 0 Å². The van der Waals surface area contributed by atoms with Crippen molar-refractivity contribution in [2.45, 2.75) is 13.5 Å². The van der Waals surface area contributed by atoms with Gasteiger partial charge in [-0.3, -0.25) is 9.89 Å². The molecule has 0 aliphatic rings. The zero-order chi connectivity index (χ0) is 21.0. The molecule has 7 nitrogen and oxygen atoms in total. The Labute approximate surface area is 181 Å². The summed E-state index contributed by atoms with van der Waals surface area (Å²) in [5, 5.41) is 11.6. The number of aryl methyl sites for hydroxylation is 1. The molecule has 0 fully saturated rings. The standard InChI is InChI=1S/C19H16Cl2N4O3S/c1-11-18(26)25(19(29)24-23-11)22-9-12-3-6-16(17(7-12)27-2)28-10-13-4-5-14(20)8-15(13)21/h3-9H,10H2,1-2H3,(H,24,29). The van der Waals surface area contributed by atoms with Crippen molar-refractivity contribution in [1.82, 2.24) is 14.9 Å². The Balaban J connectivity index is 1.81. The molecule has 0 aliphatic carbocycles. The summed E-state index contributed by atoms with van der Waals surface area (Å²) >= 11 is 17.1. The number of ether oxygens (including phenoxy) is 2. The number of methoxy groups -OCH3 is 1. The van der Waals surface area contributed by atoms with Crippen LogP contribution in [0.4, 0.5) is 0 Å². The number of rotatable bonds is 6. The third kappa shape index (κ3) is 5.03. The van der Waals surface area contributed by atoms with Crippen LogP contribution in [0.15, 0.2) is 46.3 Å². The number of nitrogens with zero attached hydrogens (tertiary/aromatic N) is 3. The third-order valence-electron chi connectivity index (χ3n) is 3.92. The van der Waals surface area contributed by atoms with Gasteiger partial charge in [-0.05, 0) is 55.0 Å². The van der Waals surface area contributed by atoms with Gasteiger partial charge in [-0.2, -0.15) is 14.9 Å². The predicted octanol–water partition coefficient (Wildman–Crippen LogP) is 4.39. The first-order valence-corrected chi connectivity index (χ1v) is 9.53. The normalized spacial score (nSPS) is 11.0. The van der Waals surface area contributed by atoms with Crippen molar-refractivity contribution in [3.8, 4) is 11.5 Å². The summed E-state index contributed by atoms with van der Waals surface area (Å²) in [6, 6.07) is 10.5. The number of halogens is 2. The van der Waals surface area contributed by atoms with E-state index in [1.807, 2.05) is 0 Å². The number of H-pyrrole nitrogens is 1. The number of hydrogen-bond acceptors (Lipinski definition) is 6. The maximum Gasteiger partial charge on any atom is 0.296 e. The lowest BCUT2D eigenvalue weighted by atomic mass is 10.2. The Morgan fingerprint density at radius 2 is 2.03 bits per heavy atom. The molecule has 0 saturated heterocycles. The fraction of sp³-hybridized carbons (Fsp3) is 0.158. The Kier molecular flexibility index (Phi) is 6.68. The van der Waals surface area contributed by atoms with Gasteiger partial charge in [-0.25, -0.2) is 0 Å². The van der Waals surface area contributed by atoms with E-state index in [0.29, 0.717) is 27.1 Å². The fourth-order valence-corrected chi connectivity index (χ4v) is 3.02. The van der Waals surface area contributed by atoms with Crippen molar-refractivity contribution >= 4 is 41.6 Å². The SMILES string of the molecule is COc1cc(C=Nn2c(=S)[nH]nc(C)c2=O)ccc1OCc1ccc(Cl)cc1Cl. The Bertz CT molecular complexity index is 1190. The van der Waals surface area contributed by atoms with Crippen LogP contribution in [0, 0.1) is 11.7 Å². The largest absolute Gasteiger partial charge is 0.493 e. The first-order valence-electron chi connectivity index (χ1n) is 8.36. The summed E-state index contributed by atoms with van der Waals surface area (Å²) in [6.07, 6.45) is 1.49. The van der Waals surface area contributed by atoms with Crippen molar-refractivity contribution in [3.63, 3.8) is 0 Å². The Hall–Kier alpha value is -2.68. The number of aromatic amines is 1. The minimum atomic E-state index is -0.392. The molecule has 2 aromatic carbocycles. The second-order valence-corrected chi connectivity index (χ2v) is 7.14. The van der Waals surface area contributed by atoms with E-state index in [4.69, 9.17) is 44.9 Å². The molecule has 29 heavy (non-hydrogen) atoms. The minimum Gasteiger partial charge on any atom is -0.493 e. The predicted molar refractivity (Wildman–Crippen MR) is 115 cm³/mol. The number of nitrogens with one attached hydrogen (secondary N) is 1. The smallest absolute Gasteiger partial charge is 0.296 e. The van der Waals surface area contributed by atoms with Crippen LogP contribution in [0.5, 0.6) is 11.5 Å². The van der Waals surface area contributed by atoms with E-state index in [9.17, 15) is 4.79 Å². The molecule has 0 amide bonds. The van der Waals surface area contributed by atoms with Gasteiger partial charge in [0, 0.05) is 15.6 Å². The maximum atomic E-state index is 12.1. The molecular weight excluding hydrogens is 435 g/mol. The molecule has 1 aromatic heterocycles. The van der Waals surface area contributed by atoms with Gasteiger partial charge in [-0.15, -0.1) is 0 Å². The minimum absolute atomic E-state index is 0.101. The van der Waals surface area contributed by atoms with E-state index in [2.05, 4.69) is 15.3 Å². The molecule has 0 aliphatic heterocycles. The maximum absolute atomic E-state index is 12.1. The molecule has 3 aromatic rings. The van der Waals surface area contributed by atoms with E-state index in [1.165, 1.54) is 13.3 Å². The zero-order valence-corrected chi connectivity index (χ0v) is 17.8. The van der Waals surface area contributed by atoms with Gasteiger partial charge in [0.25, 0.3) is 5.56 Å². The van der Waals surface area contributed by atoms with Crippen molar-refractivity contribution < 1.29 is 9.47 Å². The quantitative estimate of drug-likeness (QED) is 0.444. The molecule has 0 saturated carbocycles. The molecule has 0 atom stereocenters. The van der Waals surface area contributed by atoms with Gasteiger partial charge in [0.1, 0.15) is 12.3 Å². The summed E-state index contributed by atoms with van der Waals surface area (Å²) in [5.74, 6) is 1.03. The molecule has 0 unspecified atom stereocenters. The van der Waals surface area contributed by atoms with E-state index in [1.54, 1.807) is 43.3 Å². The van der Waals surface area contributed by atoms with Crippen LogP contribution in [0.1, 0.15) is 16.8 Å². The molecule has 1 heterocycles.